The molecular weight excluding hydrogens is 997 g/mol. The molecule has 0 aromatic heterocycles. The largest absolute Gasteiger partial charge is 0.462 e. The lowest BCUT2D eigenvalue weighted by Crippen LogP contribution is -2.30. The monoisotopic (exact) mass is 1120 g/mol. The summed E-state index contributed by atoms with van der Waals surface area (Å²) in [7, 11) is 0. The molecule has 0 heterocycles. The first-order chi connectivity index (χ1) is 40.0. The van der Waals surface area contributed by atoms with Gasteiger partial charge in [-0.1, -0.05) is 291 Å². The maximum atomic E-state index is 13.0. The van der Waals surface area contributed by atoms with Gasteiger partial charge in [0.15, 0.2) is 6.10 Å². The van der Waals surface area contributed by atoms with Gasteiger partial charge in [0.1, 0.15) is 13.2 Å². The van der Waals surface area contributed by atoms with Crippen LogP contribution in [-0.4, -0.2) is 37.2 Å². The van der Waals surface area contributed by atoms with Gasteiger partial charge in [-0.2, -0.15) is 0 Å². The molecule has 6 nitrogen and oxygen atoms in total. The van der Waals surface area contributed by atoms with Crippen molar-refractivity contribution in [2.75, 3.05) is 13.2 Å². The van der Waals surface area contributed by atoms with Gasteiger partial charge in [-0.15, -0.1) is 0 Å². The molecule has 6 heteroatoms. The van der Waals surface area contributed by atoms with Gasteiger partial charge in [0.25, 0.3) is 0 Å². The Morgan fingerprint density at radius 1 is 0.259 bits per heavy atom. The molecule has 0 saturated carbocycles. The Bertz CT molecular complexity index is 1620. The molecule has 0 saturated heterocycles. The van der Waals surface area contributed by atoms with Crippen LogP contribution in [0.3, 0.4) is 0 Å². The van der Waals surface area contributed by atoms with Crippen LogP contribution in [0.4, 0.5) is 0 Å². The molecular formula is C75H128O6. The highest BCUT2D eigenvalue weighted by atomic mass is 16.6. The number of ether oxygens (including phenoxy) is 3. The number of hydrogen-bond donors (Lipinski definition) is 0. The van der Waals surface area contributed by atoms with Gasteiger partial charge < -0.3 is 14.2 Å². The zero-order chi connectivity index (χ0) is 58.5. The molecule has 81 heavy (non-hydrogen) atoms. The van der Waals surface area contributed by atoms with Crippen molar-refractivity contribution < 1.29 is 28.6 Å². The summed E-state index contributed by atoms with van der Waals surface area (Å²) in [5, 5.41) is 0. The Morgan fingerprint density at radius 2 is 0.481 bits per heavy atom. The SMILES string of the molecule is CC/C=C\C/C=C\C/C=C\C/C=C\CCCCCCCCCCC(=O)OC(COC(=O)CCCCCCCCC/C=C\C/C=C\CCCCC)COC(=O)CCCCCCCCCCCC/C=C\C/C=C\C/C=C\CCCCCCC. The van der Waals surface area contributed by atoms with E-state index in [0.717, 1.165) is 116 Å². The molecule has 464 valence electrons. The fourth-order valence-corrected chi connectivity index (χ4v) is 9.59. The quantitative estimate of drug-likeness (QED) is 0.0261. The highest BCUT2D eigenvalue weighted by molar-refractivity contribution is 5.71. The smallest absolute Gasteiger partial charge is 0.306 e. The fraction of sp³-hybridized carbons (Fsp3) is 0.720. The summed E-state index contributed by atoms with van der Waals surface area (Å²) in [4.78, 5) is 38.5. The zero-order valence-corrected chi connectivity index (χ0v) is 53.3. The number of carbonyl (C=O) groups excluding carboxylic acids is 3. The molecule has 1 unspecified atom stereocenters. The van der Waals surface area contributed by atoms with Crippen LogP contribution in [0.15, 0.2) is 109 Å². The Morgan fingerprint density at radius 3 is 0.778 bits per heavy atom. The number of hydrogen-bond acceptors (Lipinski definition) is 6. The first-order valence-corrected chi connectivity index (χ1v) is 34.4. The molecule has 0 radical (unpaired) electrons. The summed E-state index contributed by atoms with van der Waals surface area (Å²) in [6.07, 6.45) is 93.8. The lowest BCUT2D eigenvalue weighted by Gasteiger charge is -2.18. The van der Waals surface area contributed by atoms with Crippen LogP contribution >= 0.6 is 0 Å². The third kappa shape index (κ3) is 66.8. The summed E-state index contributed by atoms with van der Waals surface area (Å²) in [5.74, 6) is -0.894. The van der Waals surface area contributed by atoms with Crippen molar-refractivity contribution in [2.24, 2.45) is 0 Å². The summed E-state index contributed by atoms with van der Waals surface area (Å²) < 4.78 is 17.0. The normalized spacial score (nSPS) is 12.8. The van der Waals surface area contributed by atoms with Crippen LogP contribution in [0.5, 0.6) is 0 Å². The molecule has 0 spiro atoms. The minimum Gasteiger partial charge on any atom is -0.462 e. The predicted molar refractivity (Wildman–Crippen MR) is 353 cm³/mol. The Kier molecular flexibility index (Phi) is 65.2. The van der Waals surface area contributed by atoms with E-state index in [0.29, 0.717) is 19.3 Å². The maximum absolute atomic E-state index is 13.0. The molecule has 1 atom stereocenters. The van der Waals surface area contributed by atoms with Crippen LogP contribution in [0.2, 0.25) is 0 Å². The Labute approximate surface area is 501 Å². The fourth-order valence-electron chi connectivity index (χ4n) is 9.59. The van der Waals surface area contributed by atoms with Crippen molar-refractivity contribution in [1.82, 2.24) is 0 Å². The van der Waals surface area contributed by atoms with Crippen molar-refractivity contribution >= 4 is 17.9 Å². The van der Waals surface area contributed by atoms with E-state index in [2.05, 4.69) is 130 Å². The molecule has 0 aliphatic heterocycles. The molecule has 0 aliphatic carbocycles. The number of allylic oxidation sites excluding steroid dienone is 18. The first-order valence-electron chi connectivity index (χ1n) is 34.4. The first kappa shape index (κ1) is 77.1. The van der Waals surface area contributed by atoms with E-state index in [-0.39, 0.29) is 31.1 Å². The summed E-state index contributed by atoms with van der Waals surface area (Å²) in [6.45, 7) is 6.51. The number of unbranched alkanes of at least 4 members (excludes halogenated alkanes) is 33. The molecule has 0 fully saturated rings. The topological polar surface area (TPSA) is 78.9 Å². The highest BCUT2D eigenvalue weighted by Gasteiger charge is 2.19. The van der Waals surface area contributed by atoms with Crippen LogP contribution < -0.4 is 0 Å². The van der Waals surface area contributed by atoms with Crippen molar-refractivity contribution in [2.45, 2.75) is 335 Å². The van der Waals surface area contributed by atoms with Crippen LogP contribution in [0.25, 0.3) is 0 Å². The molecule has 0 aromatic carbocycles. The second kappa shape index (κ2) is 68.6. The molecule has 0 aliphatic rings. The summed E-state index contributed by atoms with van der Waals surface area (Å²) in [6, 6.07) is 0. The van der Waals surface area contributed by atoms with Gasteiger partial charge in [-0.05, 0) is 128 Å². The third-order valence-electron chi connectivity index (χ3n) is 14.7. The van der Waals surface area contributed by atoms with E-state index in [1.807, 2.05) is 0 Å². The van der Waals surface area contributed by atoms with E-state index in [4.69, 9.17) is 14.2 Å². The van der Waals surface area contributed by atoms with Crippen LogP contribution in [0.1, 0.15) is 329 Å². The molecule has 0 rings (SSSR count). The van der Waals surface area contributed by atoms with Gasteiger partial charge in [-0.3, -0.25) is 14.4 Å². The van der Waals surface area contributed by atoms with Crippen LogP contribution in [-0.2, 0) is 28.6 Å². The lowest BCUT2D eigenvalue weighted by atomic mass is 10.1. The average Bonchev–Trinajstić information content (AvgIpc) is 3.47. The van der Waals surface area contributed by atoms with Gasteiger partial charge >= 0.3 is 17.9 Å². The van der Waals surface area contributed by atoms with E-state index in [1.165, 1.54) is 173 Å². The van der Waals surface area contributed by atoms with Gasteiger partial charge in [0, 0.05) is 19.3 Å². The summed E-state index contributed by atoms with van der Waals surface area (Å²) >= 11 is 0. The van der Waals surface area contributed by atoms with E-state index in [1.54, 1.807) is 0 Å². The standard InChI is InChI=1S/C75H128O6/c1-4-7-10-13-16-19-22-25-28-31-33-35-36-37-38-40-41-44-47-50-53-56-59-62-65-68-74(77)80-71-72(70-79-73(76)67-64-61-58-55-52-49-46-43-30-27-24-21-18-15-12-9-6-3)81-75(78)69-66-63-60-57-54-51-48-45-42-39-34-32-29-26-23-20-17-14-11-8-5-2/h8,11,17-18,20-22,25-27,29-31,33-34,36-37,39,72H,4-7,9-10,12-16,19,23-24,28,32,35,38,40-71H2,1-3H3/b11-8-,20-17-,21-18-,25-22-,29-26-,30-27-,33-31-,37-36-,39-34-. The minimum atomic E-state index is -0.792. The third-order valence-corrected chi connectivity index (χ3v) is 14.7. The second-order valence-electron chi connectivity index (χ2n) is 22.7. The highest BCUT2D eigenvalue weighted by Crippen LogP contribution is 2.16. The number of carbonyl (C=O) groups is 3. The Hall–Kier alpha value is -3.93. The van der Waals surface area contributed by atoms with E-state index < -0.39 is 6.10 Å². The van der Waals surface area contributed by atoms with E-state index in [9.17, 15) is 14.4 Å². The van der Waals surface area contributed by atoms with Gasteiger partial charge in [0.05, 0.1) is 0 Å². The minimum absolute atomic E-state index is 0.0861. The lowest BCUT2D eigenvalue weighted by molar-refractivity contribution is -0.167. The van der Waals surface area contributed by atoms with Crippen molar-refractivity contribution in [3.63, 3.8) is 0 Å². The van der Waals surface area contributed by atoms with Gasteiger partial charge in [-0.25, -0.2) is 0 Å². The predicted octanol–water partition coefficient (Wildman–Crippen LogP) is 23.8. The average molecular weight is 1130 g/mol. The molecule has 0 aromatic rings. The van der Waals surface area contributed by atoms with Crippen molar-refractivity contribution in [3.8, 4) is 0 Å². The van der Waals surface area contributed by atoms with Crippen molar-refractivity contribution in [1.29, 1.82) is 0 Å². The van der Waals surface area contributed by atoms with Gasteiger partial charge in [0.2, 0.25) is 0 Å². The van der Waals surface area contributed by atoms with E-state index >= 15 is 0 Å². The second-order valence-corrected chi connectivity index (χ2v) is 22.7. The summed E-state index contributed by atoms with van der Waals surface area (Å²) in [5.41, 5.74) is 0. The molecule has 0 amide bonds. The van der Waals surface area contributed by atoms with Crippen LogP contribution in [0, 0.1) is 0 Å². The zero-order valence-electron chi connectivity index (χ0n) is 53.3. The molecule has 0 bridgehead atoms. The van der Waals surface area contributed by atoms with Crippen molar-refractivity contribution in [3.05, 3.63) is 109 Å². The maximum Gasteiger partial charge on any atom is 0.306 e. The Balaban J connectivity index is 4.39. The number of rotatable bonds is 62. The number of esters is 3. The molecule has 0 N–H and O–H groups in total.